The van der Waals surface area contributed by atoms with Gasteiger partial charge in [0.1, 0.15) is 5.82 Å². The average molecular weight is 239 g/mol. The summed E-state index contributed by atoms with van der Waals surface area (Å²) >= 11 is 0. The molecule has 17 heavy (non-hydrogen) atoms. The van der Waals surface area contributed by atoms with E-state index in [0.717, 1.165) is 24.0 Å². The van der Waals surface area contributed by atoms with Gasteiger partial charge in [-0.1, -0.05) is 17.7 Å². The van der Waals surface area contributed by atoms with E-state index >= 15 is 0 Å². The predicted octanol–water partition coefficient (Wildman–Crippen LogP) is 3.21. The van der Waals surface area contributed by atoms with Crippen LogP contribution in [-0.4, -0.2) is 20.3 Å². The second-order valence-electron chi connectivity index (χ2n) is 4.49. The molecule has 2 atom stereocenters. The van der Waals surface area contributed by atoms with Gasteiger partial charge in [-0.2, -0.15) is 0 Å². The number of hydrogen-bond donors (Lipinski definition) is 1. The normalized spacial score (nSPS) is 14.6. The van der Waals surface area contributed by atoms with Crippen molar-refractivity contribution in [1.29, 1.82) is 0 Å². The van der Waals surface area contributed by atoms with Crippen LogP contribution in [0, 0.1) is 12.7 Å². The summed E-state index contributed by atoms with van der Waals surface area (Å²) in [6, 6.07) is 5.29. The highest BCUT2D eigenvalue weighted by atomic mass is 19.1. The van der Waals surface area contributed by atoms with Gasteiger partial charge in [-0.3, -0.25) is 0 Å². The molecule has 2 unspecified atom stereocenters. The molecule has 0 bridgehead atoms. The molecule has 1 rings (SSSR count). The van der Waals surface area contributed by atoms with E-state index in [0.29, 0.717) is 0 Å². The van der Waals surface area contributed by atoms with Crippen LogP contribution in [0.1, 0.15) is 36.9 Å². The molecule has 2 nitrogen and oxygen atoms in total. The fourth-order valence-electron chi connectivity index (χ4n) is 1.90. The van der Waals surface area contributed by atoms with Gasteiger partial charge in [0, 0.05) is 18.7 Å². The quantitative estimate of drug-likeness (QED) is 0.823. The molecule has 0 spiro atoms. The molecule has 1 N–H and O–H groups in total. The van der Waals surface area contributed by atoms with Crippen LogP contribution in [0.4, 0.5) is 4.39 Å². The molecule has 0 aliphatic rings. The van der Waals surface area contributed by atoms with Crippen molar-refractivity contribution >= 4 is 0 Å². The van der Waals surface area contributed by atoms with Gasteiger partial charge in [-0.05, 0) is 39.8 Å². The lowest BCUT2D eigenvalue weighted by Gasteiger charge is -2.19. The molecule has 0 saturated heterocycles. The largest absolute Gasteiger partial charge is 0.382 e. The molecular formula is C14H22FNO. The van der Waals surface area contributed by atoms with E-state index in [1.807, 2.05) is 27.0 Å². The fourth-order valence-corrected chi connectivity index (χ4v) is 1.90. The minimum Gasteiger partial charge on any atom is -0.382 e. The molecule has 1 aromatic carbocycles. The number of hydrogen-bond acceptors (Lipinski definition) is 2. The van der Waals surface area contributed by atoms with Crippen molar-refractivity contribution in [2.24, 2.45) is 0 Å². The molecule has 0 aliphatic heterocycles. The molecule has 0 fully saturated rings. The van der Waals surface area contributed by atoms with Gasteiger partial charge in [-0.15, -0.1) is 0 Å². The van der Waals surface area contributed by atoms with Crippen LogP contribution >= 0.6 is 0 Å². The Morgan fingerprint density at radius 3 is 2.65 bits per heavy atom. The highest BCUT2D eigenvalue weighted by Crippen LogP contribution is 2.23. The highest BCUT2D eigenvalue weighted by Gasteiger charge is 2.15. The van der Waals surface area contributed by atoms with Crippen LogP contribution in [0.25, 0.3) is 0 Å². The van der Waals surface area contributed by atoms with Crippen molar-refractivity contribution in [2.75, 3.05) is 14.2 Å². The minimum atomic E-state index is -0.139. The van der Waals surface area contributed by atoms with Gasteiger partial charge in [0.25, 0.3) is 0 Å². The maximum Gasteiger partial charge on any atom is 0.127 e. The van der Waals surface area contributed by atoms with Crippen LogP contribution in [-0.2, 0) is 4.74 Å². The van der Waals surface area contributed by atoms with E-state index in [4.69, 9.17) is 4.74 Å². The maximum absolute atomic E-state index is 13.7. The van der Waals surface area contributed by atoms with Crippen LogP contribution < -0.4 is 5.32 Å². The average Bonchev–Trinajstić information content (AvgIpc) is 2.33. The zero-order valence-electron chi connectivity index (χ0n) is 11.1. The van der Waals surface area contributed by atoms with E-state index in [1.165, 1.54) is 6.07 Å². The number of ether oxygens (including phenoxy) is 1. The zero-order chi connectivity index (χ0) is 12.8. The Bertz CT molecular complexity index is 354. The lowest BCUT2D eigenvalue weighted by Crippen LogP contribution is -2.20. The second-order valence-corrected chi connectivity index (χ2v) is 4.49. The summed E-state index contributed by atoms with van der Waals surface area (Å²) in [5.41, 5.74) is 1.83. The Kier molecular flexibility index (Phi) is 5.59. The molecule has 0 amide bonds. The Hall–Kier alpha value is -0.930. The first-order valence-electron chi connectivity index (χ1n) is 6.04. The number of methoxy groups -OCH3 is 1. The zero-order valence-corrected chi connectivity index (χ0v) is 11.1. The van der Waals surface area contributed by atoms with Gasteiger partial charge in [0.15, 0.2) is 0 Å². The number of nitrogens with one attached hydrogen (secondary N) is 1. The number of rotatable bonds is 6. The molecule has 1 aromatic rings. The first-order valence-corrected chi connectivity index (χ1v) is 6.04. The summed E-state index contributed by atoms with van der Waals surface area (Å²) in [7, 11) is 3.57. The number of benzene rings is 1. The highest BCUT2D eigenvalue weighted by molar-refractivity contribution is 5.26. The summed E-state index contributed by atoms with van der Waals surface area (Å²) in [6.07, 6.45) is 1.99. The molecule has 0 aliphatic carbocycles. The summed E-state index contributed by atoms with van der Waals surface area (Å²) in [5, 5.41) is 3.17. The third kappa shape index (κ3) is 4.10. The van der Waals surface area contributed by atoms with Crippen LogP contribution in [0.2, 0.25) is 0 Å². The third-order valence-electron chi connectivity index (χ3n) is 3.14. The number of aryl methyl sites for hydroxylation is 1. The van der Waals surface area contributed by atoms with Gasteiger partial charge in [0.05, 0.1) is 6.10 Å². The Balaban J connectivity index is 2.75. The topological polar surface area (TPSA) is 21.3 Å². The second kappa shape index (κ2) is 6.72. The summed E-state index contributed by atoms with van der Waals surface area (Å²) in [5.74, 6) is -0.139. The van der Waals surface area contributed by atoms with Gasteiger partial charge >= 0.3 is 0 Å². The summed E-state index contributed by atoms with van der Waals surface area (Å²) in [4.78, 5) is 0. The maximum atomic E-state index is 13.7. The van der Waals surface area contributed by atoms with Gasteiger partial charge in [-0.25, -0.2) is 4.39 Å². The molecular weight excluding hydrogens is 217 g/mol. The first kappa shape index (κ1) is 14.1. The van der Waals surface area contributed by atoms with E-state index in [1.54, 1.807) is 13.2 Å². The SMILES string of the molecule is CNC(CCC(C)OC)c1cc(C)ccc1F. The number of halogens is 1. The van der Waals surface area contributed by atoms with Crippen molar-refractivity contribution < 1.29 is 9.13 Å². The lowest BCUT2D eigenvalue weighted by atomic mass is 9.98. The molecule has 3 heteroatoms. The Morgan fingerprint density at radius 2 is 2.06 bits per heavy atom. The Morgan fingerprint density at radius 1 is 1.35 bits per heavy atom. The van der Waals surface area contributed by atoms with Crippen molar-refractivity contribution in [1.82, 2.24) is 5.32 Å². The van der Waals surface area contributed by atoms with E-state index in [2.05, 4.69) is 5.32 Å². The molecule has 0 radical (unpaired) electrons. The van der Waals surface area contributed by atoms with Crippen molar-refractivity contribution in [3.63, 3.8) is 0 Å². The summed E-state index contributed by atoms with van der Waals surface area (Å²) in [6.45, 7) is 4.01. The first-order chi connectivity index (χ1) is 8.08. The van der Waals surface area contributed by atoms with Crippen LogP contribution in [0.3, 0.4) is 0 Å². The lowest BCUT2D eigenvalue weighted by molar-refractivity contribution is 0.106. The molecule has 0 heterocycles. The van der Waals surface area contributed by atoms with Gasteiger partial charge in [0.2, 0.25) is 0 Å². The van der Waals surface area contributed by atoms with E-state index in [9.17, 15) is 4.39 Å². The van der Waals surface area contributed by atoms with Crippen molar-refractivity contribution in [2.45, 2.75) is 38.8 Å². The van der Waals surface area contributed by atoms with Crippen LogP contribution in [0.15, 0.2) is 18.2 Å². The van der Waals surface area contributed by atoms with E-state index in [-0.39, 0.29) is 18.0 Å². The standard InChI is InChI=1S/C14H22FNO/c1-10-5-7-13(15)12(9-10)14(16-3)8-6-11(2)17-4/h5,7,9,11,14,16H,6,8H2,1-4H3. The monoisotopic (exact) mass is 239 g/mol. The van der Waals surface area contributed by atoms with E-state index < -0.39 is 0 Å². The van der Waals surface area contributed by atoms with Crippen LogP contribution in [0.5, 0.6) is 0 Å². The van der Waals surface area contributed by atoms with Gasteiger partial charge < -0.3 is 10.1 Å². The van der Waals surface area contributed by atoms with Crippen molar-refractivity contribution in [3.8, 4) is 0 Å². The molecule has 0 saturated carbocycles. The predicted molar refractivity (Wildman–Crippen MR) is 68.6 cm³/mol. The molecule has 0 aromatic heterocycles. The van der Waals surface area contributed by atoms with Crippen molar-refractivity contribution in [3.05, 3.63) is 35.1 Å². The summed E-state index contributed by atoms with van der Waals surface area (Å²) < 4.78 is 19.0. The Labute approximate surface area is 103 Å². The smallest absolute Gasteiger partial charge is 0.127 e. The molecule has 96 valence electrons. The fraction of sp³-hybridized carbons (Fsp3) is 0.571. The third-order valence-corrected chi connectivity index (χ3v) is 3.14. The minimum absolute atomic E-state index is 0.0486.